The molecule has 2 aromatic rings. The molecule has 0 unspecified atom stereocenters. The molecule has 0 aliphatic heterocycles. The summed E-state index contributed by atoms with van der Waals surface area (Å²) in [5.74, 6) is -0.636. The standard InChI is InChI=1S/C13H12ClF2N3O3/c1-2-21-12(20)10-7-18-19(11(10)17)8-3-5-9(6-4-8)22-13(14,15)16/h3-7H,2,17H2,1H3. The third-order valence-electron chi connectivity index (χ3n) is 2.62. The molecule has 0 aliphatic rings. The molecule has 1 aromatic carbocycles. The second-order valence-electron chi connectivity index (χ2n) is 4.12. The summed E-state index contributed by atoms with van der Waals surface area (Å²) in [6, 6.07) is 5.43. The Morgan fingerprint density at radius 3 is 2.59 bits per heavy atom. The van der Waals surface area contributed by atoms with E-state index in [2.05, 4.69) is 21.4 Å². The van der Waals surface area contributed by atoms with Crippen molar-refractivity contribution in [2.24, 2.45) is 0 Å². The zero-order valence-corrected chi connectivity index (χ0v) is 12.2. The van der Waals surface area contributed by atoms with Gasteiger partial charge in [-0.3, -0.25) is 0 Å². The van der Waals surface area contributed by atoms with Crippen molar-refractivity contribution in [3.05, 3.63) is 36.0 Å². The monoisotopic (exact) mass is 331 g/mol. The molecule has 0 saturated heterocycles. The minimum atomic E-state index is -3.79. The summed E-state index contributed by atoms with van der Waals surface area (Å²) in [5.41, 5.74) is 2.62. The molecule has 0 radical (unpaired) electrons. The fraction of sp³-hybridized carbons (Fsp3) is 0.231. The smallest absolute Gasteiger partial charge is 0.462 e. The lowest BCUT2D eigenvalue weighted by molar-refractivity contribution is -0.0964. The van der Waals surface area contributed by atoms with Crippen molar-refractivity contribution in [1.29, 1.82) is 0 Å². The molecule has 118 valence electrons. The topological polar surface area (TPSA) is 79.4 Å². The lowest BCUT2D eigenvalue weighted by Gasteiger charge is -2.11. The molecule has 1 heterocycles. The van der Waals surface area contributed by atoms with Crippen LogP contribution in [0.1, 0.15) is 17.3 Å². The van der Waals surface area contributed by atoms with E-state index in [1.165, 1.54) is 35.1 Å². The molecule has 0 fully saturated rings. The zero-order chi connectivity index (χ0) is 16.3. The van der Waals surface area contributed by atoms with Gasteiger partial charge in [0.15, 0.2) is 0 Å². The van der Waals surface area contributed by atoms with Gasteiger partial charge in [-0.05, 0) is 31.2 Å². The number of nitrogens with two attached hydrogens (primary N) is 1. The normalized spacial score (nSPS) is 11.3. The fourth-order valence-electron chi connectivity index (χ4n) is 1.72. The highest BCUT2D eigenvalue weighted by atomic mass is 35.5. The molecule has 0 aliphatic carbocycles. The van der Waals surface area contributed by atoms with Gasteiger partial charge in [-0.2, -0.15) is 5.10 Å². The van der Waals surface area contributed by atoms with Crippen molar-refractivity contribution < 1.29 is 23.0 Å². The second-order valence-corrected chi connectivity index (χ2v) is 4.56. The van der Waals surface area contributed by atoms with E-state index in [1.54, 1.807) is 6.92 Å². The van der Waals surface area contributed by atoms with Crippen LogP contribution in [0.3, 0.4) is 0 Å². The summed E-state index contributed by atoms with van der Waals surface area (Å²) in [7, 11) is 0. The highest BCUT2D eigenvalue weighted by molar-refractivity contribution is 6.20. The SMILES string of the molecule is CCOC(=O)c1cnn(-c2ccc(OC(F)(F)Cl)cc2)c1N. The molecule has 22 heavy (non-hydrogen) atoms. The number of esters is 1. The van der Waals surface area contributed by atoms with Gasteiger partial charge in [0, 0.05) is 11.6 Å². The Morgan fingerprint density at radius 1 is 1.41 bits per heavy atom. The quantitative estimate of drug-likeness (QED) is 0.673. The Balaban J connectivity index is 2.24. The number of nitrogen functional groups attached to an aromatic ring is 1. The number of carbonyl (C=O) groups is 1. The first kappa shape index (κ1) is 16.0. The number of hydrogen-bond acceptors (Lipinski definition) is 5. The Hall–Kier alpha value is -2.35. The van der Waals surface area contributed by atoms with Gasteiger partial charge in [-0.1, -0.05) is 0 Å². The molecule has 0 saturated carbocycles. The van der Waals surface area contributed by atoms with Crippen LogP contribution in [0.15, 0.2) is 30.5 Å². The Labute approximate surface area is 129 Å². The van der Waals surface area contributed by atoms with E-state index in [1.807, 2.05) is 0 Å². The average molecular weight is 332 g/mol. The van der Waals surface area contributed by atoms with Gasteiger partial charge in [-0.15, -0.1) is 8.78 Å². The number of ether oxygens (including phenoxy) is 2. The first-order valence-corrected chi connectivity index (χ1v) is 6.56. The van der Waals surface area contributed by atoms with Crippen molar-refractivity contribution in [1.82, 2.24) is 9.78 Å². The number of aromatic nitrogens is 2. The maximum Gasteiger partial charge on any atom is 0.487 e. The van der Waals surface area contributed by atoms with Gasteiger partial charge in [0.2, 0.25) is 0 Å². The molecule has 0 amide bonds. The second kappa shape index (κ2) is 6.18. The largest absolute Gasteiger partial charge is 0.487 e. The zero-order valence-electron chi connectivity index (χ0n) is 11.4. The summed E-state index contributed by atoms with van der Waals surface area (Å²) in [6.45, 7) is 1.88. The summed E-state index contributed by atoms with van der Waals surface area (Å²) in [5, 5.41) is 3.97. The Kier molecular flexibility index (Phi) is 4.51. The van der Waals surface area contributed by atoms with Gasteiger partial charge in [-0.25, -0.2) is 9.48 Å². The Morgan fingerprint density at radius 2 is 2.05 bits per heavy atom. The highest BCUT2D eigenvalue weighted by Gasteiger charge is 2.27. The molecule has 0 atom stereocenters. The lowest BCUT2D eigenvalue weighted by Crippen LogP contribution is -2.15. The number of benzene rings is 1. The number of halogens is 3. The van der Waals surface area contributed by atoms with Crippen molar-refractivity contribution in [2.45, 2.75) is 12.5 Å². The van der Waals surface area contributed by atoms with Crippen LogP contribution in [0, 0.1) is 0 Å². The van der Waals surface area contributed by atoms with Gasteiger partial charge >= 0.3 is 11.5 Å². The van der Waals surface area contributed by atoms with E-state index in [4.69, 9.17) is 10.5 Å². The van der Waals surface area contributed by atoms with Crippen LogP contribution in [0.25, 0.3) is 5.69 Å². The van der Waals surface area contributed by atoms with Crippen LogP contribution in [-0.4, -0.2) is 27.9 Å². The lowest BCUT2D eigenvalue weighted by atomic mass is 10.3. The predicted octanol–water partition coefficient (Wildman–Crippen LogP) is 2.80. The number of nitrogens with zero attached hydrogens (tertiary/aromatic N) is 2. The minimum absolute atomic E-state index is 0.0785. The van der Waals surface area contributed by atoms with Gasteiger partial charge in [0.1, 0.15) is 17.1 Å². The molecule has 6 nitrogen and oxygen atoms in total. The maximum absolute atomic E-state index is 12.5. The summed E-state index contributed by atoms with van der Waals surface area (Å²) >= 11 is 4.67. The van der Waals surface area contributed by atoms with Crippen LogP contribution in [0.4, 0.5) is 14.6 Å². The van der Waals surface area contributed by atoms with E-state index >= 15 is 0 Å². The number of carbonyl (C=O) groups excluding carboxylic acids is 1. The van der Waals surface area contributed by atoms with Crippen molar-refractivity contribution in [3.8, 4) is 11.4 Å². The molecule has 2 rings (SSSR count). The van der Waals surface area contributed by atoms with E-state index in [-0.39, 0.29) is 23.7 Å². The van der Waals surface area contributed by atoms with E-state index in [0.29, 0.717) is 5.69 Å². The van der Waals surface area contributed by atoms with E-state index in [9.17, 15) is 13.6 Å². The van der Waals surface area contributed by atoms with Crippen LogP contribution in [0.5, 0.6) is 5.75 Å². The maximum atomic E-state index is 12.5. The third kappa shape index (κ3) is 3.64. The van der Waals surface area contributed by atoms with Crippen molar-refractivity contribution >= 4 is 23.4 Å². The highest BCUT2D eigenvalue weighted by Crippen LogP contribution is 2.26. The molecule has 0 bridgehead atoms. The first-order valence-electron chi connectivity index (χ1n) is 6.18. The molecule has 9 heteroatoms. The van der Waals surface area contributed by atoms with Gasteiger partial charge in [0.05, 0.1) is 18.5 Å². The van der Waals surface area contributed by atoms with Crippen LogP contribution >= 0.6 is 11.6 Å². The van der Waals surface area contributed by atoms with Gasteiger partial charge in [0.25, 0.3) is 0 Å². The van der Waals surface area contributed by atoms with E-state index < -0.39 is 11.5 Å². The predicted molar refractivity (Wildman–Crippen MR) is 75.4 cm³/mol. The first-order chi connectivity index (χ1) is 10.3. The van der Waals surface area contributed by atoms with Crippen LogP contribution in [0.2, 0.25) is 0 Å². The Bertz CT molecular complexity index is 668. The average Bonchev–Trinajstić information content (AvgIpc) is 2.80. The van der Waals surface area contributed by atoms with Crippen molar-refractivity contribution in [3.63, 3.8) is 0 Å². The third-order valence-corrected chi connectivity index (χ3v) is 2.69. The molecule has 1 aromatic heterocycles. The minimum Gasteiger partial charge on any atom is -0.462 e. The number of hydrogen-bond donors (Lipinski definition) is 1. The summed E-state index contributed by atoms with van der Waals surface area (Å²) in [4.78, 5) is 11.6. The molecular weight excluding hydrogens is 320 g/mol. The van der Waals surface area contributed by atoms with Gasteiger partial charge < -0.3 is 15.2 Å². The number of anilines is 1. The molecule has 0 spiro atoms. The summed E-state index contributed by atoms with van der Waals surface area (Å²) < 4.78 is 35.3. The fourth-order valence-corrected chi connectivity index (χ4v) is 1.81. The number of rotatable bonds is 5. The van der Waals surface area contributed by atoms with Crippen molar-refractivity contribution in [2.75, 3.05) is 12.3 Å². The summed E-state index contributed by atoms with van der Waals surface area (Å²) in [6.07, 6.45) is 1.27. The number of alkyl halides is 3. The van der Waals surface area contributed by atoms with Crippen LogP contribution in [-0.2, 0) is 4.74 Å². The molecule has 2 N–H and O–H groups in total. The van der Waals surface area contributed by atoms with Crippen LogP contribution < -0.4 is 10.5 Å². The molecular formula is C13H12ClF2N3O3. The van der Waals surface area contributed by atoms with E-state index in [0.717, 1.165) is 0 Å².